The number of para-hydroxylation sites is 1. The highest BCUT2D eigenvalue weighted by Gasteiger charge is 2.26. The van der Waals surface area contributed by atoms with Gasteiger partial charge in [0.05, 0.1) is 12.2 Å². The zero-order chi connectivity index (χ0) is 13.1. The van der Waals surface area contributed by atoms with E-state index >= 15 is 0 Å². The average molecular weight is 249 g/mol. The van der Waals surface area contributed by atoms with Crippen molar-refractivity contribution in [3.8, 4) is 0 Å². The summed E-state index contributed by atoms with van der Waals surface area (Å²) in [5, 5.41) is 19.9. The van der Waals surface area contributed by atoms with Gasteiger partial charge in [-0.25, -0.2) is 0 Å². The summed E-state index contributed by atoms with van der Waals surface area (Å²) in [7, 11) is 0. The maximum Gasteiger partial charge on any atom is 0.0807 e. The summed E-state index contributed by atoms with van der Waals surface area (Å²) in [6.07, 6.45) is 0.939. The molecule has 2 N–H and O–H groups in total. The number of aliphatic hydroxyl groups excluding tert-OH is 2. The highest BCUT2D eigenvalue weighted by molar-refractivity contribution is 5.55. The molecule has 1 aliphatic heterocycles. The molecule has 100 valence electrons. The van der Waals surface area contributed by atoms with Crippen molar-refractivity contribution in [1.29, 1.82) is 0 Å². The molecule has 1 aromatic rings. The molecule has 1 saturated heterocycles. The van der Waals surface area contributed by atoms with Crippen LogP contribution in [0.4, 0.5) is 5.69 Å². The van der Waals surface area contributed by atoms with Gasteiger partial charge in [0.1, 0.15) is 0 Å². The molecule has 1 aliphatic rings. The third-order valence-electron chi connectivity index (χ3n) is 3.88. The van der Waals surface area contributed by atoms with Gasteiger partial charge in [-0.15, -0.1) is 0 Å². The highest BCUT2D eigenvalue weighted by Crippen LogP contribution is 2.31. The van der Waals surface area contributed by atoms with Crippen LogP contribution in [0.1, 0.15) is 38.4 Å². The van der Waals surface area contributed by atoms with Crippen molar-refractivity contribution in [2.24, 2.45) is 5.92 Å². The third kappa shape index (κ3) is 2.68. The molecule has 3 atom stereocenters. The Morgan fingerprint density at radius 3 is 2.78 bits per heavy atom. The van der Waals surface area contributed by atoms with E-state index in [1.165, 1.54) is 0 Å². The van der Waals surface area contributed by atoms with E-state index in [9.17, 15) is 10.2 Å². The van der Waals surface area contributed by atoms with E-state index in [4.69, 9.17) is 0 Å². The topological polar surface area (TPSA) is 43.7 Å². The molecule has 18 heavy (non-hydrogen) atoms. The van der Waals surface area contributed by atoms with E-state index in [-0.39, 0.29) is 12.0 Å². The minimum atomic E-state index is -0.400. The van der Waals surface area contributed by atoms with Crippen LogP contribution in [0.5, 0.6) is 0 Å². The van der Waals surface area contributed by atoms with Crippen molar-refractivity contribution in [2.75, 3.05) is 18.0 Å². The molecule has 0 aromatic heterocycles. The number of aliphatic hydroxyl groups is 2. The first-order valence-electron chi connectivity index (χ1n) is 6.83. The largest absolute Gasteiger partial charge is 0.393 e. The minimum absolute atomic E-state index is 0.190. The lowest BCUT2D eigenvalue weighted by molar-refractivity contribution is 0.0968. The van der Waals surface area contributed by atoms with Crippen LogP contribution in [-0.2, 0) is 0 Å². The summed E-state index contributed by atoms with van der Waals surface area (Å²) in [6, 6.07) is 8.05. The van der Waals surface area contributed by atoms with Gasteiger partial charge in [-0.3, -0.25) is 0 Å². The van der Waals surface area contributed by atoms with E-state index in [1.807, 2.05) is 25.1 Å². The Bertz CT molecular complexity index is 394. The van der Waals surface area contributed by atoms with Crippen LogP contribution in [-0.4, -0.2) is 29.4 Å². The van der Waals surface area contributed by atoms with Gasteiger partial charge < -0.3 is 15.1 Å². The molecular weight excluding hydrogens is 226 g/mol. The van der Waals surface area contributed by atoms with E-state index in [1.54, 1.807) is 0 Å². The molecule has 3 unspecified atom stereocenters. The van der Waals surface area contributed by atoms with Crippen LogP contribution in [0.2, 0.25) is 0 Å². The summed E-state index contributed by atoms with van der Waals surface area (Å²) in [4.78, 5) is 2.28. The summed E-state index contributed by atoms with van der Waals surface area (Å²) < 4.78 is 0. The van der Waals surface area contributed by atoms with Gasteiger partial charge in [-0.2, -0.15) is 0 Å². The zero-order valence-corrected chi connectivity index (χ0v) is 11.2. The van der Waals surface area contributed by atoms with Crippen LogP contribution in [0.3, 0.4) is 0 Å². The Kier molecular flexibility index (Phi) is 4.25. The predicted octanol–water partition coefficient (Wildman–Crippen LogP) is 2.34. The normalized spacial score (nSPS) is 26.1. The van der Waals surface area contributed by atoms with Crippen molar-refractivity contribution in [3.63, 3.8) is 0 Å². The summed E-state index contributed by atoms with van der Waals surface area (Å²) in [5.41, 5.74) is 2.12. The lowest BCUT2D eigenvalue weighted by Gasteiger charge is -2.37. The second kappa shape index (κ2) is 5.72. The lowest BCUT2D eigenvalue weighted by Crippen LogP contribution is -2.42. The highest BCUT2D eigenvalue weighted by atomic mass is 16.3. The number of piperidine rings is 1. The SMILES string of the molecule is CCC(O)c1ccccc1N1CCC(O)C(C)C1. The summed E-state index contributed by atoms with van der Waals surface area (Å²) in [6.45, 7) is 5.79. The van der Waals surface area contributed by atoms with Crippen molar-refractivity contribution in [1.82, 2.24) is 0 Å². The van der Waals surface area contributed by atoms with E-state index in [0.29, 0.717) is 0 Å². The molecule has 3 nitrogen and oxygen atoms in total. The second-order valence-electron chi connectivity index (χ2n) is 5.26. The molecule has 0 radical (unpaired) electrons. The molecule has 0 aliphatic carbocycles. The summed E-state index contributed by atoms with van der Waals surface area (Å²) >= 11 is 0. The fourth-order valence-electron chi connectivity index (χ4n) is 2.63. The zero-order valence-electron chi connectivity index (χ0n) is 11.2. The van der Waals surface area contributed by atoms with Crippen molar-refractivity contribution in [3.05, 3.63) is 29.8 Å². The number of nitrogens with zero attached hydrogens (tertiary/aromatic N) is 1. The Hall–Kier alpha value is -1.06. The first-order valence-corrected chi connectivity index (χ1v) is 6.83. The molecule has 1 heterocycles. The van der Waals surface area contributed by atoms with E-state index in [2.05, 4.69) is 17.9 Å². The molecular formula is C15H23NO2. The van der Waals surface area contributed by atoms with Gasteiger partial charge in [-0.1, -0.05) is 32.0 Å². The fourth-order valence-corrected chi connectivity index (χ4v) is 2.63. The molecule has 1 fully saturated rings. The average Bonchev–Trinajstić information content (AvgIpc) is 2.41. The van der Waals surface area contributed by atoms with E-state index in [0.717, 1.165) is 37.2 Å². The number of benzene rings is 1. The van der Waals surface area contributed by atoms with Gasteiger partial charge in [0.25, 0.3) is 0 Å². The maximum atomic E-state index is 10.1. The van der Waals surface area contributed by atoms with Crippen molar-refractivity contribution in [2.45, 2.75) is 38.9 Å². The first kappa shape index (κ1) is 13.4. The van der Waals surface area contributed by atoms with Gasteiger partial charge in [-0.05, 0) is 24.8 Å². The van der Waals surface area contributed by atoms with Crippen LogP contribution in [0.25, 0.3) is 0 Å². The molecule has 0 saturated carbocycles. The first-order chi connectivity index (χ1) is 8.63. The molecule has 0 bridgehead atoms. The Morgan fingerprint density at radius 2 is 2.11 bits per heavy atom. The standard InChI is InChI=1S/C15H23NO2/c1-3-14(17)12-6-4-5-7-13(12)16-9-8-15(18)11(2)10-16/h4-7,11,14-15,17-18H,3,8-10H2,1-2H3. The van der Waals surface area contributed by atoms with Crippen molar-refractivity contribution < 1.29 is 10.2 Å². The minimum Gasteiger partial charge on any atom is -0.393 e. The molecule has 2 rings (SSSR count). The fraction of sp³-hybridized carbons (Fsp3) is 0.600. The smallest absolute Gasteiger partial charge is 0.0807 e. The van der Waals surface area contributed by atoms with E-state index < -0.39 is 6.10 Å². The van der Waals surface area contributed by atoms with Gasteiger partial charge in [0.2, 0.25) is 0 Å². The third-order valence-corrected chi connectivity index (χ3v) is 3.88. The maximum absolute atomic E-state index is 10.1. The Balaban J connectivity index is 2.22. The number of anilines is 1. The molecule has 0 amide bonds. The van der Waals surface area contributed by atoms with Gasteiger partial charge in [0, 0.05) is 24.3 Å². The van der Waals surface area contributed by atoms with Crippen LogP contribution >= 0.6 is 0 Å². The van der Waals surface area contributed by atoms with Crippen LogP contribution in [0, 0.1) is 5.92 Å². The number of hydrogen-bond acceptors (Lipinski definition) is 3. The molecule has 0 spiro atoms. The van der Waals surface area contributed by atoms with Gasteiger partial charge >= 0.3 is 0 Å². The number of rotatable bonds is 3. The van der Waals surface area contributed by atoms with Crippen molar-refractivity contribution >= 4 is 5.69 Å². The monoisotopic (exact) mass is 249 g/mol. The van der Waals surface area contributed by atoms with Crippen LogP contribution in [0.15, 0.2) is 24.3 Å². The quantitative estimate of drug-likeness (QED) is 0.864. The number of hydrogen-bond donors (Lipinski definition) is 2. The molecule has 1 aromatic carbocycles. The van der Waals surface area contributed by atoms with Gasteiger partial charge in [0.15, 0.2) is 0 Å². The predicted molar refractivity (Wildman–Crippen MR) is 73.7 cm³/mol. The summed E-state index contributed by atoms with van der Waals surface area (Å²) in [5.74, 6) is 0.283. The Morgan fingerprint density at radius 1 is 1.39 bits per heavy atom. The van der Waals surface area contributed by atoms with Crippen LogP contribution < -0.4 is 4.90 Å². The molecule has 3 heteroatoms. The lowest BCUT2D eigenvalue weighted by atomic mass is 9.95. The Labute approximate surface area is 109 Å². The second-order valence-corrected chi connectivity index (χ2v) is 5.26.